The van der Waals surface area contributed by atoms with Gasteiger partial charge in [0.2, 0.25) is 5.17 Å². The van der Waals surface area contributed by atoms with Gasteiger partial charge in [0, 0.05) is 6.20 Å². The molecule has 126 valence electrons. The molecule has 0 atom stereocenters. The van der Waals surface area contributed by atoms with Crippen LogP contribution in [0.2, 0.25) is 4.47 Å². The van der Waals surface area contributed by atoms with Crippen LogP contribution in [0.1, 0.15) is 10.4 Å². The summed E-state index contributed by atoms with van der Waals surface area (Å²) in [6.45, 7) is -0.0598. The third-order valence-electron chi connectivity index (χ3n) is 2.85. The van der Waals surface area contributed by atoms with E-state index < -0.39 is 10.9 Å². The van der Waals surface area contributed by atoms with Crippen molar-refractivity contribution in [1.82, 2.24) is 9.99 Å². The van der Waals surface area contributed by atoms with Gasteiger partial charge in [0.1, 0.15) is 6.54 Å². The zero-order valence-electron chi connectivity index (χ0n) is 12.6. The monoisotopic (exact) mass is 384 g/mol. The lowest BCUT2D eigenvalue weighted by atomic mass is 10.1. The van der Waals surface area contributed by atoms with Crippen LogP contribution in [0.15, 0.2) is 41.5 Å². The van der Waals surface area contributed by atoms with E-state index >= 15 is 0 Å². The van der Waals surface area contributed by atoms with Gasteiger partial charge in [0.15, 0.2) is 9.50 Å². The molecule has 0 N–H and O–H groups in total. The zero-order chi connectivity index (χ0) is 17.5. The van der Waals surface area contributed by atoms with E-state index in [0.717, 1.165) is 33.7 Å². The molecule has 2 rings (SSSR count). The van der Waals surface area contributed by atoms with Crippen molar-refractivity contribution in [2.45, 2.75) is 13.0 Å². The van der Waals surface area contributed by atoms with Crippen molar-refractivity contribution in [2.75, 3.05) is 6.26 Å². The van der Waals surface area contributed by atoms with Gasteiger partial charge in [-0.2, -0.15) is 4.99 Å². The van der Waals surface area contributed by atoms with Crippen LogP contribution >= 0.6 is 34.7 Å². The number of hydrogen-bond donors (Lipinski definition) is 0. The lowest BCUT2D eigenvalue weighted by Gasteiger charge is -2.13. The number of nitrogens with zero attached hydrogens (tertiary/aromatic N) is 4. The van der Waals surface area contributed by atoms with Crippen LogP contribution in [0.4, 0.5) is 0 Å². The summed E-state index contributed by atoms with van der Waals surface area (Å²) < 4.78 is 0.302. The Bertz CT molecular complexity index is 751. The van der Waals surface area contributed by atoms with Crippen molar-refractivity contribution < 1.29 is 9.83 Å². The summed E-state index contributed by atoms with van der Waals surface area (Å²) in [5.74, 6) is -0.445. The summed E-state index contributed by atoms with van der Waals surface area (Å²) in [6.07, 6.45) is 3.18. The first-order valence-electron chi connectivity index (χ1n) is 6.71. The van der Waals surface area contributed by atoms with Crippen molar-refractivity contribution in [3.63, 3.8) is 0 Å². The van der Waals surface area contributed by atoms with Crippen LogP contribution in [-0.2, 0) is 17.8 Å². The molecule has 7 nitrogen and oxygen atoms in total. The van der Waals surface area contributed by atoms with E-state index in [1.807, 2.05) is 18.2 Å². The lowest BCUT2D eigenvalue weighted by molar-refractivity contribution is -0.631. The third-order valence-corrected chi connectivity index (χ3v) is 4.62. The number of hydrazine groups is 1. The first-order valence-corrected chi connectivity index (χ1v) is 9.13. The molecule has 24 heavy (non-hydrogen) atoms. The second kappa shape index (κ2) is 8.76. The number of nitro groups is 1. The van der Waals surface area contributed by atoms with Gasteiger partial charge in [0.25, 0.3) is 5.91 Å². The van der Waals surface area contributed by atoms with Gasteiger partial charge in [-0.3, -0.25) is 4.79 Å². The SMILES string of the molecule is CSC(=NC(=O)Cc1ccccc1)N(Cc1cnc(Cl)s1)[N+](=O)[O-]. The van der Waals surface area contributed by atoms with Gasteiger partial charge in [-0.05, 0) is 11.8 Å². The highest BCUT2D eigenvalue weighted by Gasteiger charge is 2.24. The Morgan fingerprint density at radius 2 is 2.17 bits per heavy atom. The summed E-state index contributed by atoms with van der Waals surface area (Å²) in [5, 5.41) is 11.6. The molecule has 0 unspecified atom stereocenters. The topological polar surface area (TPSA) is 88.7 Å². The highest BCUT2D eigenvalue weighted by atomic mass is 35.5. The number of benzene rings is 1. The standard InChI is InChI=1S/C14H13ClN4O3S2/c1-23-14(17-12(20)7-10-5-3-2-4-6-10)18(19(21)22)9-11-8-16-13(15)24-11/h2-6,8H,7,9H2,1H3. The van der Waals surface area contributed by atoms with E-state index in [1.165, 1.54) is 6.20 Å². The van der Waals surface area contributed by atoms with Crippen LogP contribution in [-0.4, -0.2) is 32.4 Å². The third kappa shape index (κ3) is 5.29. The number of carbonyl (C=O) groups is 1. The van der Waals surface area contributed by atoms with E-state index in [1.54, 1.807) is 18.4 Å². The number of thioether (sulfide) groups is 1. The Morgan fingerprint density at radius 1 is 1.46 bits per heavy atom. The van der Waals surface area contributed by atoms with Crippen LogP contribution in [0, 0.1) is 10.1 Å². The normalized spacial score (nSPS) is 11.3. The predicted molar refractivity (Wildman–Crippen MR) is 95.8 cm³/mol. The maximum Gasteiger partial charge on any atom is 0.252 e. The van der Waals surface area contributed by atoms with Gasteiger partial charge >= 0.3 is 0 Å². The molecule has 10 heteroatoms. The summed E-state index contributed by atoms with van der Waals surface area (Å²) in [4.78, 5) is 31.8. The molecular weight excluding hydrogens is 372 g/mol. The van der Waals surface area contributed by atoms with Crippen molar-refractivity contribution in [3.05, 3.63) is 61.6 Å². The molecule has 1 heterocycles. The molecule has 1 aromatic carbocycles. The summed E-state index contributed by atoms with van der Waals surface area (Å²) in [6, 6.07) is 9.09. The summed E-state index contributed by atoms with van der Waals surface area (Å²) in [5.41, 5.74) is 0.800. The minimum Gasteiger partial charge on any atom is -0.272 e. The Morgan fingerprint density at radius 3 is 2.71 bits per heavy atom. The molecule has 2 aromatic rings. The average molecular weight is 385 g/mol. The van der Waals surface area contributed by atoms with Gasteiger partial charge in [-0.15, -0.1) is 11.3 Å². The van der Waals surface area contributed by atoms with Crippen molar-refractivity contribution in [2.24, 2.45) is 4.99 Å². The summed E-state index contributed by atoms with van der Waals surface area (Å²) >= 11 is 7.92. The minimum atomic E-state index is -0.598. The summed E-state index contributed by atoms with van der Waals surface area (Å²) in [7, 11) is 0. The molecule has 0 aliphatic carbocycles. The van der Waals surface area contributed by atoms with E-state index in [9.17, 15) is 14.9 Å². The highest BCUT2D eigenvalue weighted by molar-refractivity contribution is 8.13. The Hall–Kier alpha value is -1.97. The quantitative estimate of drug-likeness (QED) is 0.340. The van der Waals surface area contributed by atoms with E-state index in [4.69, 9.17) is 11.6 Å². The molecular formula is C14H13ClN4O3S2. The predicted octanol–water partition coefficient (Wildman–Crippen LogP) is 3.28. The van der Waals surface area contributed by atoms with E-state index in [-0.39, 0.29) is 18.1 Å². The number of carbonyl (C=O) groups excluding carboxylic acids is 1. The number of aromatic nitrogens is 1. The molecule has 0 bridgehead atoms. The second-order valence-electron chi connectivity index (χ2n) is 4.53. The fourth-order valence-electron chi connectivity index (χ4n) is 1.82. The average Bonchev–Trinajstić information content (AvgIpc) is 2.96. The van der Waals surface area contributed by atoms with Crippen LogP contribution in [0.3, 0.4) is 0 Å². The molecule has 1 aromatic heterocycles. The molecule has 0 spiro atoms. The van der Waals surface area contributed by atoms with E-state index in [2.05, 4.69) is 9.98 Å². The number of hydrogen-bond acceptors (Lipinski definition) is 6. The molecule has 0 saturated carbocycles. The van der Waals surface area contributed by atoms with Crippen LogP contribution in [0.25, 0.3) is 0 Å². The van der Waals surface area contributed by atoms with Gasteiger partial charge in [0.05, 0.1) is 11.3 Å². The fourth-order valence-corrected chi connectivity index (χ4v) is 3.32. The molecule has 0 fully saturated rings. The Balaban J connectivity index is 2.15. The van der Waals surface area contributed by atoms with E-state index in [0.29, 0.717) is 9.34 Å². The lowest BCUT2D eigenvalue weighted by Crippen LogP contribution is -2.34. The first kappa shape index (κ1) is 18.4. The smallest absolute Gasteiger partial charge is 0.252 e. The Kier molecular flexibility index (Phi) is 6.71. The van der Waals surface area contributed by atoms with Crippen LogP contribution in [0.5, 0.6) is 0 Å². The van der Waals surface area contributed by atoms with Gasteiger partial charge < -0.3 is 0 Å². The molecule has 0 saturated heterocycles. The highest BCUT2D eigenvalue weighted by Crippen LogP contribution is 2.21. The molecule has 0 radical (unpaired) electrons. The zero-order valence-corrected chi connectivity index (χ0v) is 15.0. The number of aliphatic imine (C=N–C) groups is 1. The van der Waals surface area contributed by atoms with Crippen molar-refractivity contribution >= 4 is 45.8 Å². The number of amidine groups is 1. The second-order valence-corrected chi connectivity index (χ2v) is 7.00. The minimum absolute atomic E-state index is 0.0189. The first-order chi connectivity index (χ1) is 11.5. The number of halogens is 1. The maximum atomic E-state index is 12.1. The van der Waals surface area contributed by atoms with Crippen molar-refractivity contribution in [1.29, 1.82) is 0 Å². The number of rotatable bonds is 5. The van der Waals surface area contributed by atoms with Crippen LogP contribution < -0.4 is 0 Å². The van der Waals surface area contributed by atoms with Gasteiger partial charge in [-0.25, -0.2) is 15.1 Å². The largest absolute Gasteiger partial charge is 0.272 e. The number of amides is 1. The number of thiazole rings is 1. The molecule has 1 amide bonds. The van der Waals surface area contributed by atoms with Crippen molar-refractivity contribution in [3.8, 4) is 0 Å². The molecule has 0 aliphatic rings. The Labute approximate surface area is 151 Å². The van der Waals surface area contributed by atoms with Gasteiger partial charge in [-0.1, -0.05) is 58.7 Å². The fraction of sp³-hybridized carbons (Fsp3) is 0.214. The maximum absolute atomic E-state index is 12.1. The molecule has 0 aliphatic heterocycles.